The average Bonchev–Trinajstić information content (AvgIpc) is 2.78. The number of amides is 3. The number of nitrogens with zero attached hydrogens (tertiary/aromatic N) is 1. The van der Waals surface area contributed by atoms with E-state index >= 15 is 0 Å². The molecule has 0 bridgehead atoms. The minimum absolute atomic E-state index is 0.0285. The lowest BCUT2D eigenvalue weighted by molar-refractivity contribution is -0.130. The van der Waals surface area contributed by atoms with Crippen molar-refractivity contribution in [2.24, 2.45) is 0 Å². The van der Waals surface area contributed by atoms with Crippen molar-refractivity contribution in [3.63, 3.8) is 0 Å². The first-order chi connectivity index (χ1) is 12.2. The van der Waals surface area contributed by atoms with Crippen LogP contribution in [0.25, 0.3) is 10.8 Å². The fraction of sp³-hybridized carbons (Fsp3) is 0.400. The SMILES string of the molecule is CCCN1CCC(NC(=O)Nc2cccc3ccccc23)CCC1=O. The van der Waals surface area contributed by atoms with Gasteiger partial charge in [-0.3, -0.25) is 4.79 Å². The highest BCUT2D eigenvalue weighted by Gasteiger charge is 2.23. The van der Waals surface area contributed by atoms with E-state index in [2.05, 4.69) is 17.6 Å². The number of fused-ring (bicyclic) bond motifs is 1. The first-order valence-electron chi connectivity index (χ1n) is 9.00. The molecule has 0 aromatic heterocycles. The van der Waals surface area contributed by atoms with Gasteiger partial charge in [-0.15, -0.1) is 0 Å². The van der Waals surface area contributed by atoms with Crippen LogP contribution in [-0.2, 0) is 4.79 Å². The molecule has 5 nitrogen and oxygen atoms in total. The summed E-state index contributed by atoms with van der Waals surface area (Å²) in [6.07, 6.45) is 2.96. The molecule has 1 saturated heterocycles. The fourth-order valence-electron chi connectivity index (χ4n) is 3.37. The molecule has 1 heterocycles. The molecule has 1 aliphatic heterocycles. The molecule has 2 N–H and O–H groups in total. The van der Waals surface area contributed by atoms with Gasteiger partial charge in [-0.1, -0.05) is 43.3 Å². The second-order valence-corrected chi connectivity index (χ2v) is 6.53. The van der Waals surface area contributed by atoms with E-state index in [-0.39, 0.29) is 18.0 Å². The van der Waals surface area contributed by atoms with Gasteiger partial charge in [0.15, 0.2) is 0 Å². The van der Waals surface area contributed by atoms with Crippen molar-refractivity contribution < 1.29 is 9.59 Å². The van der Waals surface area contributed by atoms with Crippen molar-refractivity contribution >= 4 is 28.4 Å². The monoisotopic (exact) mass is 339 g/mol. The molecule has 0 spiro atoms. The summed E-state index contributed by atoms with van der Waals surface area (Å²) in [6.45, 7) is 3.59. The van der Waals surface area contributed by atoms with E-state index in [1.807, 2.05) is 47.4 Å². The maximum Gasteiger partial charge on any atom is 0.319 e. The predicted octanol–water partition coefficient (Wildman–Crippen LogP) is 3.75. The number of anilines is 1. The zero-order chi connectivity index (χ0) is 17.6. The van der Waals surface area contributed by atoms with Crippen LogP contribution in [0.1, 0.15) is 32.6 Å². The predicted molar refractivity (Wildman–Crippen MR) is 101 cm³/mol. The van der Waals surface area contributed by atoms with Crippen molar-refractivity contribution in [3.05, 3.63) is 42.5 Å². The third kappa shape index (κ3) is 4.29. The van der Waals surface area contributed by atoms with Gasteiger partial charge in [0.05, 0.1) is 5.69 Å². The summed E-state index contributed by atoms with van der Waals surface area (Å²) in [5, 5.41) is 8.09. The molecule has 0 aliphatic carbocycles. The summed E-state index contributed by atoms with van der Waals surface area (Å²) >= 11 is 0. The number of hydrogen-bond donors (Lipinski definition) is 2. The highest BCUT2D eigenvalue weighted by atomic mass is 16.2. The molecule has 1 aliphatic rings. The van der Waals surface area contributed by atoms with E-state index in [0.717, 1.165) is 35.8 Å². The van der Waals surface area contributed by atoms with Crippen LogP contribution in [0.15, 0.2) is 42.5 Å². The summed E-state index contributed by atoms with van der Waals surface area (Å²) < 4.78 is 0. The number of carbonyl (C=O) groups is 2. The molecular weight excluding hydrogens is 314 g/mol. The minimum Gasteiger partial charge on any atom is -0.343 e. The number of likely N-dealkylation sites (tertiary alicyclic amines) is 1. The molecule has 0 saturated carbocycles. The van der Waals surface area contributed by atoms with Crippen molar-refractivity contribution in [2.45, 2.75) is 38.6 Å². The van der Waals surface area contributed by atoms with E-state index in [4.69, 9.17) is 0 Å². The Kier molecular flexibility index (Phi) is 5.53. The molecule has 5 heteroatoms. The first-order valence-corrected chi connectivity index (χ1v) is 9.00. The lowest BCUT2D eigenvalue weighted by Crippen LogP contribution is -2.38. The van der Waals surface area contributed by atoms with Crippen LogP contribution in [0.5, 0.6) is 0 Å². The van der Waals surface area contributed by atoms with Crippen LogP contribution >= 0.6 is 0 Å². The Morgan fingerprint density at radius 1 is 1.16 bits per heavy atom. The topological polar surface area (TPSA) is 61.4 Å². The molecule has 3 rings (SSSR count). The van der Waals surface area contributed by atoms with E-state index in [1.165, 1.54) is 0 Å². The van der Waals surface area contributed by atoms with Gasteiger partial charge < -0.3 is 15.5 Å². The van der Waals surface area contributed by atoms with Crippen LogP contribution < -0.4 is 10.6 Å². The third-order valence-electron chi connectivity index (χ3n) is 4.67. The Morgan fingerprint density at radius 2 is 1.96 bits per heavy atom. The number of urea groups is 1. The van der Waals surface area contributed by atoms with Gasteiger partial charge >= 0.3 is 6.03 Å². The second-order valence-electron chi connectivity index (χ2n) is 6.53. The molecule has 1 atom stereocenters. The average molecular weight is 339 g/mol. The minimum atomic E-state index is -0.210. The Bertz CT molecular complexity index is 754. The van der Waals surface area contributed by atoms with Crippen molar-refractivity contribution in [1.82, 2.24) is 10.2 Å². The Balaban J connectivity index is 1.61. The van der Waals surface area contributed by atoms with Crippen LogP contribution in [-0.4, -0.2) is 36.0 Å². The molecule has 1 fully saturated rings. The standard InChI is InChI=1S/C20H25N3O2/c1-2-13-23-14-12-16(10-11-19(23)24)21-20(25)22-18-9-5-7-15-6-3-4-8-17(15)18/h3-9,16H,2,10-14H2,1H3,(H2,21,22,25). The van der Waals surface area contributed by atoms with Crippen LogP contribution in [0, 0.1) is 0 Å². The van der Waals surface area contributed by atoms with Crippen LogP contribution in [0.2, 0.25) is 0 Å². The van der Waals surface area contributed by atoms with Gasteiger partial charge in [0.1, 0.15) is 0 Å². The highest BCUT2D eigenvalue weighted by Crippen LogP contribution is 2.23. The van der Waals surface area contributed by atoms with Gasteiger partial charge in [-0.05, 0) is 30.7 Å². The van der Waals surface area contributed by atoms with Crippen LogP contribution in [0.4, 0.5) is 10.5 Å². The lowest BCUT2D eigenvalue weighted by Gasteiger charge is -2.20. The van der Waals surface area contributed by atoms with E-state index in [0.29, 0.717) is 19.4 Å². The van der Waals surface area contributed by atoms with Crippen LogP contribution in [0.3, 0.4) is 0 Å². The van der Waals surface area contributed by atoms with Gasteiger partial charge in [0.2, 0.25) is 5.91 Å². The zero-order valence-corrected chi connectivity index (χ0v) is 14.6. The van der Waals surface area contributed by atoms with Crippen molar-refractivity contribution in [2.75, 3.05) is 18.4 Å². The summed E-state index contributed by atoms with van der Waals surface area (Å²) in [7, 11) is 0. The summed E-state index contributed by atoms with van der Waals surface area (Å²) in [6, 6.07) is 13.7. The zero-order valence-electron chi connectivity index (χ0n) is 14.6. The van der Waals surface area contributed by atoms with E-state index in [1.54, 1.807) is 0 Å². The van der Waals surface area contributed by atoms with E-state index in [9.17, 15) is 9.59 Å². The largest absolute Gasteiger partial charge is 0.343 e. The maximum atomic E-state index is 12.4. The van der Waals surface area contributed by atoms with Gasteiger partial charge in [-0.25, -0.2) is 4.79 Å². The Morgan fingerprint density at radius 3 is 2.80 bits per heavy atom. The number of rotatable bonds is 4. The molecule has 2 aromatic carbocycles. The van der Waals surface area contributed by atoms with Gasteiger partial charge in [0, 0.05) is 30.9 Å². The molecule has 0 radical (unpaired) electrons. The van der Waals surface area contributed by atoms with E-state index < -0.39 is 0 Å². The maximum absolute atomic E-state index is 12.4. The van der Waals surface area contributed by atoms with Gasteiger partial charge in [0.25, 0.3) is 0 Å². The lowest BCUT2D eigenvalue weighted by atomic mass is 10.1. The fourth-order valence-corrected chi connectivity index (χ4v) is 3.37. The third-order valence-corrected chi connectivity index (χ3v) is 4.67. The quantitative estimate of drug-likeness (QED) is 0.891. The number of hydrogen-bond acceptors (Lipinski definition) is 2. The normalized spacial score (nSPS) is 18.0. The Labute approximate surface area is 148 Å². The Hall–Kier alpha value is -2.56. The molecule has 3 amide bonds. The number of benzene rings is 2. The summed E-state index contributed by atoms with van der Waals surface area (Å²) in [4.78, 5) is 26.4. The number of carbonyl (C=O) groups excluding carboxylic acids is 2. The first kappa shape index (κ1) is 17.3. The molecule has 132 valence electrons. The number of nitrogens with one attached hydrogen (secondary N) is 2. The smallest absolute Gasteiger partial charge is 0.319 e. The molecular formula is C20H25N3O2. The van der Waals surface area contributed by atoms with Crippen molar-refractivity contribution in [1.29, 1.82) is 0 Å². The summed E-state index contributed by atoms with van der Waals surface area (Å²) in [5.41, 5.74) is 0.799. The van der Waals surface area contributed by atoms with Crippen molar-refractivity contribution in [3.8, 4) is 0 Å². The van der Waals surface area contributed by atoms with Gasteiger partial charge in [-0.2, -0.15) is 0 Å². The highest BCUT2D eigenvalue weighted by molar-refractivity contribution is 6.01. The molecule has 25 heavy (non-hydrogen) atoms. The summed E-state index contributed by atoms with van der Waals surface area (Å²) in [5.74, 6) is 0.195. The molecule has 2 aromatic rings. The second kappa shape index (κ2) is 8.01. The molecule has 1 unspecified atom stereocenters.